The highest BCUT2D eigenvalue weighted by atomic mass is 17.3. The third kappa shape index (κ3) is 41.7. The Morgan fingerprint density at radius 3 is 0.953 bits per heavy atom. The highest BCUT2D eigenvalue weighted by Gasteiger charge is 2.37. The van der Waals surface area contributed by atoms with E-state index in [4.69, 9.17) is 29.1 Å². The zero-order valence-electron chi connectivity index (χ0n) is 41.5. The van der Waals surface area contributed by atoms with Gasteiger partial charge in [0, 0.05) is 12.8 Å². The molecule has 0 aliphatic heterocycles. The molecule has 0 bridgehead atoms. The molecule has 64 heavy (non-hydrogen) atoms. The van der Waals surface area contributed by atoms with E-state index in [0.29, 0.717) is 19.3 Å². The first-order valence-corrected chi connectivity index (χ1v) is 26.9. The topological polar surface area (TPSA) is 167 Å². The van der Waals surface area contributed by atoms with E-state index in [1.807, 2.05) is 0 Å². The van der Waals surface area contributed by atoms with Gasteiger partial charge in [-0.2, -0.15) is 14.4 Å². The van der Waals surface area contributed by atoms with E-state index in [0.717, 1.165) is 64.2 Å². The van der Waals surface area contributed by atoms with Crippen LogP contribution in [0.25, 0.3) is 0 Å². The summed E-state index contributed by atoms with van der Waals surface area (Å²) in [6, 6.07) is 0. The summed E-state index contributed by atoms with van der Waals surface area (Å²) >= 11 is 0. The number of unbranched alkanes of at least 4 members (excludes halogenated alkanes) is 35. The Balaban J connectivity index is 4.88. The predicted octanol–water partition coefficient (Wildman–Crippen LogP) is 13.8. The minimum absolute atomic E-state index is 0.0788. The molecule has 0 saturated carbocycles. The van der Waals surface area contributed by atoms with E-state index in [-0.39, 0.29) is 19.3 Å². The molecule has 3 atom stereocenters. The summed E-state index contributed by atoms with van der Waals surface area (Å²) in [6.45, 7) is 5.93. The fourth-order valence-electron chi connectivity index (χ4n) is 8.05. The van der Waals surface area contributed by atoms with Crippen LogP contribution in [0.4, 0.5) is 0 Å². The first-order chi connectivity index (χ1) is 31.3. The SMILES string of the molecule is CCCCCCCCCCCCCCCC(=O)OOB(OOC(=O)CCCCCCCCCCCCCCC)OOC(=O)C(CCCCCCCCCCCCCC)C(O)C(O)CO. The van der Waals surface area contributed by atoms with E-state index in [2.05, 4.69) is 20.8 Å². The molecule has 0 fully saturated rings. The molecule has 0 aromatic rings. The van der Waals surface area contributed by atoms with Crippen LogP contribution in [-0.2, 0) is 43.5 Å². The van der Waals surface area contributed by atoms with Crippen LogP contribution in [-0.4, -0.2) is 59.4 Å². The normalized spacial score (nSPS) is 12.8. The van der Waals surface area contributed by atoms with Gasteiger partial charge in [0.1, 0.15) is 6.10 Å². The first kappa shape index (κ1) is 62.2. The zero-order valence-corrected chi connectivity index (χ0v) is 41.5. The van der Waals surface area contributed by atoms with Crippen LogP contribution >= 0.6 is 0 Å². The summed E-state index contributed by atoms with van der Waals surface area (Å²) < 4.78 is 0. The lowest BCUT2D eigenvalue weighted by atomic mass is 9.92. The van der Waals surface area contributed by atoms with Crippen molar-refractivity contribution in [3.63, 3.8) is 0 Å². The van der Waals surface area contributed by atoms with Crippen LogP contribution in [0.3, 0.4) is 0 Å². The first-order valence-electron chi connectivity index (χ1n) is 26.9. The molecule has 0 aliphatic carbocycles. The van der Waals surface area contributed by atoms with Crippen molar-refractivity contribution in [3.05, 3.63) is 0 Å². The third-order valence-corrected chi connectivity index (χ3v) is 12.3. The molecule has 13 heteroatoms. The number of hydrogen-bond acceptors (Lipinski definition) is 12. The van der Waals surface area contributed by atoms with Gasteiger partial charge in [0.25, 0.3) is 0 Å². The number of carbonyl (C=O) groups is 3. The molecule has 0 aromatic heterocycles. The van der Waals surface area contributed by atoms with E-state index in [9.17, 15) is 29.7 Å². The largest absolute Gasteiger partial charge is 0.754 e. The van der Waals surface area contributed by atoms with Gasteiger partial charge < -0.3 is 30.0 Å². The van der Waals surface area contributed by atoms with Gasteiger partial charge in [-0.3, -0.25) is 0 Å². The van der Waals surface area contributed by atoms with E-state index >= 15 is 0 Å². The Morgan fingerprint density at radius 2 is 0.656 bits per heavy atom. The predicted molar refractivity (Wildman–Crippen MR) is 256 cm³/mol. The summed E-state index contributed by atoms with van der Waals surface area (Å²) in [5.74, 6) is -3.70. The lowest BCUT2D eigenvalue weighted by Crippen LogP contribution is -2.41. The molecular weight excluding hydrogens is 815 g/mol. The molecule has 0 spiro atoms. The van der Waals surface area contributed by atoms with Gasteiger partial charge in [0.2, 0.25) is 0 Å². The van der Waals surface area contributed by atoms with Crippen LogP contribution in [0, 0.1) is 5.92 Å². The van der Waals surface area contributed by atoms with Gasteiger partial charge in [0.05, 0.1) is 18.6 Å². The van der Waals surface area contributed by atoms with Gasteiger partial charge >= 0.3 is 25.2 Å². The highest BCUT2D eigenvalue weighted by Crippen LogP contribution is 2.21. The fraction of sp³-hybridized carbons (Fsp3) is 0.941. The van der Waals surface area contributed by atoms with Gasteiger partial charge in [0.15, 0.2) is 0 Å². The average molecular weight is 915 g/mol. The molecule has 0 radical (unpaired) electrons. The molecule has 0 rings (SSSR count). The van der Waals surface area contributed by atoms with Crippen LogP contribution in [0.1, 0.15) is 284 Å². The Kier molecular flexibility index (Phi) is 47.8. The maximum absolute atomic E-state index is 13.2. The molecule has 0 saturated heterocycles. The van der Waals surface area contributed by atoms with Gasteiger partial charge in [-0.05, 0) is 19.3 Å². The van der Waals surface area contributed by atoms with Crippen molar-refractivity contribution in [2.75, 3.05) is 6.61 Å². The molecule has 12 nitrogen and oxygen atoms in total. The highest BCUT2D eigenvalue weighted by molar-refractivity contribution is 6.35. The molecule has 3 N–H and O–H groups in total. The summed E-state index contributed by atoms with van der Waals surface area (Å²) in [4.78, 5) is 67.9. The average Bonchev–Trinajstić information content (AvgIpc) is 3.30. The summed E-state index contributed by atoms with van der Waals surface area (Å²) in [5.41, 5.74) is 0. The minimum atomic E-state index is -2.07. The molecule has 0 aromatic carbocycles. The van der Waals surface area contributed by atoms with Crippen LogP contribution in [0.15, 0.2) is 0 Å². The monoisotopic (exact) mass is 915 g/mol. The summed E-state index contributed by atoms with van der Waals surface area (Å²) in [5, 5.41) is 30.4. The van der Waals surface area contributed by atoms with Crippen LogP contribution in [0.2, 0.25) is 0 Å². The van der Waals surface area contributed by atoms with Crippen molar-refractivity contribution >= 4 is 25.2 Å². The second-order valence-electron chi connectivity index (χ2n) is 18.4. The van der Waals surface area contributed by atoms with Gasteiger partial charge in [-0.15, -0.1) is 0 Å². The van der Waals surface area contributed by atoms with Crippen molar-refractivity contribution in [1.29, 1.82) is 0 Å². The van der Waals surface area contributed by atoms with Crippen molar-refractivity contribution in [1.82, 2.24) is 0 Å². The molecule has 378 valence electrons. The van der Waals surface area contributed by atoms with E-state index < -0.39 is 50.0 Å². The zero-order chi connectivity index (χ0) is 47.0. The standard InChI is InChI=1S/C51H99BO12/c1-4-7-10-13-16-19-22-25-28-31-34-37-40-43-48(55)59-62-52(63-60-49(56)44-41-38-35-32-29-26-23-20-17-14-11-8-5-2)64-61-51(58)46(50(57)47(54)45-53)42-39-36-33-30-27-24-21-18-15-12-9-6-3/h46-47,50,53-54,57H,4-45H2,1-3H3. The maximum Gasteiger partial charge on any atom is 0.754 e. The second-order valence-corrected chi connectivity index (χ2v) is 18.4. The molecule has 3 unspecified atom stereocenters. The number of carbonyl (C=O) groups excluding carboxylic acids is 3. The molecule has 0 amide bonds. The second kappa shape index (κ2) is 49.1. The van der Waals surface area contributed by atoms with Crippen LogP contribution < -0.4 is 0 Å². The Morgan fingerprint density at radius 1 is 0.391 bits per heavy atom. The molecular formula is C51H99BO12. The number of aliphatic hydroxyl groups excluding tert-OH is 3. The quantitative estimate of drug-likeness (QED) is 0.0229. The lowest BCUT2D eigenvalue weighted by molar-refractivity contribution is -0.318. The van der Waals surface area contributed by atoms with E-state index in [1.165, 1.54) is 161 Å². The van der Waals surface area contributed by atoms with Crippen molar-refractivity contribution in [2.24, 2.45) is 5.92 Å². The van der Waals surface area contributed by atoms with Gasteiger partial charge in [-0.1, -0.05) is 252 Å². The minimum Gasteiger partial charge on any atom is -0.394 e. The Hall–Kier alpha value is -1.77. The summed E-state index contributed by atoms with van der Waals surface area (Å²) in [7, 11) is -2.07. The van der Waals surface area contributed by atoms with Crippen molar-refractivity contribution < 1.29 is 58.8 Å². The maximum atomic E-state index is 13.2. The number of hydrogen-bond donors (Lipinski definition) is 3. The Labute approximate surface area is 391 Å². The van der Waals surface area contributed by atoms with Gasteiger partial charge in [-0.25, -0.2) is 14.4 Å². The van der Waals surface area contributed by atoms with E-state index in [1.54, 1.807) is 0 Å². The van der Waals surface area contributed by atoms with Crippen LogP contribution in [0.5, 0.6) is 0 Å². The Bertz CT molecular complexity index is 974. The smallest absolute Gasteiger partial charge is 0.394 e. The molecule has 0 heterocycles. The number of rotatable bonds is 51. The van der Waals surface area contributed by atoms with Crippen molar-refractivity contribution in [3.8, 4) is 0 Å². The fourth-order valence-corrected chi connectivity index (χ4v) is 8.05. The summed E-state index contributed by atoms with van der Waals surface area (Å²) in [6.07, 6.45) is 40.9. The van der Waals surface area contributed by atoms with Crippen molar-refractivity contribution in [2.45, 2.75) is 296 Å². The third-order valence-electron chi connectivity index (χ3n) is 12.3. The molecule has 0 aliphatic rings. The number of aliphatic hydroxyl groups is 3. The lowest BCUT2D eigenvalue weighted by Gasteiger charge is -2.24.